The standard InChI is InChI=1S/C19H30N4/c1-15-9-11-23(12-10-15)18-7-5-17(6-8-18)14-22-19(20-2)21-13-16-3-4-16/h5-8,15-16H,3-4,9-14H2,1-2H3,(H2,20,21,22). The Balaban J connectivity index is 1.46. The summed E-state index contributed by atoms with van der Waals surface area (Å²) in [6.07, 6.45) is 5.35. The highest BCUT2D eigenvalue weighted by atomic mass is 15.2. The van der Waals surface area contributed by atoms with Crippen molar-refractivity contribution in [1.82, 2.24) is 10.6 Å². The highest BCUT2D eigenvalue weighted by molar-refractivity contribution is 5.79. The summed E-state index contributed by atoms with van der Waals surface area (Å²) >= 11 is 0. The summed E-state index contributed by atoms with van der Waals surface area (Å²) in [5.41, 5.74) is 2.66. The normalized spacial score (nSPS) is 19.7. The Hall–Kier alpha value is -1.71. The van der Waals surface area contributed by atoms with Crippen molar-refractivity contribution in [3.8, 4) is 0 Å². The van der Waals surface area contributed by atoms with E-state index >= 15 is 0 Å². The average Bonchev–Trinajstić information content (AvgIpc) is 3.41. The van der Waals surface area contributed by atoms with Crippen molar-refractivity contribution < 1.29 is 0 Å². The van der Waals surface area contributed by atoms with E-state index in [0.29, 0.717) is 0 Å². The maximum absolute atomic E-state index is 4.29. The van der Waals surface area contributed by atoms with Crippen LogP contribution in [0.1, 0.15) is 38.2 Å². The molecule has 2 fully saturated rings. The molecular weight excluding hydrogens is 284 g/mol. The zero-order valence-electron chi connectivity index (χ0n) is 14.5. The molecule has 0 unspecified atom stereocenters. The topological polar surface area (TPSA) is 39.7 Å². The second-order valence-electron chi connectivity index (χ2n) is 7.09. The molecule has 4 heteroatoms. The van der Waals surface area contributed by atoms with Crippen LogP contribution in [0.5, 0.6) is 0 Å². The summed E-state index contributed by atoms with van der Waals surface area (Å²) in [6, 6.07) is 8.98. The zero-order valence-corrected chi connectivity index (χ0v) is 14.5. The first-order valence-electron chi connectivity index (χ1n) is 9.03. The van der Waals surface area contributed by atoms with Crippen LogP contribution in [0.4, 0.5) is 5.69 Å². The molecule has 1 aliphatic heterocycles. The van der Waals surface area contributed by atoms with Crippen molar-refractivity contribution in [2.24, 2.45) is 16.8 Å². The smallest absolute Gasteiger partial charge is 0.191 e. The predicted octanol–water partition coefficient (Wildman–Crippen LogP) is 3.00. The number of aliphatic imine (C=N–C) groups is 1. The fourth-order valence-corrected chi connectivity index (χ4v) is 3.06. The van der Waals surface area contributed by atoms with Crippen LogP contribution in [0.15, 0.2) is 29.3 Å². The lowest BCUT2D eigenvalue weighted by atomic mass is 9.99. The molecule has 0 spiro atoms. The van der Waals surface area contributed by atoms with Gasteiger partial charge in [0.1, 0.15) is 0 Å². The number of piperidine rings is 1. The van der Waals surface area contributed by atoms with Gasteiger partial charge in [-0.15, -0.1) is 0 Å². The van der Waals surface area contributed by atoms with Crippen LogP contribution in [0.25, 0.3) is 0 Å². The van der Waals surface area contributed by atoms with Gasteiger partial charge in [0.15, 0.2) is 5.96 Å². The number of rotatable bonds is 5. The maximum atomic E-state index is 4.29. The summed E-state index contributed by atoms with van der Waals surface area (Å²) in [5.74, 6) is 2.65. The molecule has 1 heterocycles. The van der Waals surface area contributed by atoms with Gasteiger partial charge in [-0.2, -0.15) is 0 Å². The van der Waals surface area contributed by atoms with E-state index in [4.69, 9.17) is 0 Å². The lowest BCUT2D eigenvalue weighted by Crippen LogP contribution is -2.37. The second kappa shape index (κ2) is 7.71. The second-order valence-corrected chi connectivity index (χ2v) is 7.09. The van der Waals surface area contributed by atoms with E-state index < -0.39 is 0 Å². The number of hydrogen-bond acceptors (Lipinski definition) is 2. The van der Waals surface area contributed by atoms with E-state index in [1.165, 1.54) is 50.0 Å². The summed E-state index contributed by atoms with van der Waals surface area (Å²) in [4.78, 5) is 6.79. The molecule has 0 atom stereocenters. The van der Waals surface area contributed by atoms with Crippen molar-refractivity contribution >= 4 is 11.6 Å². The van der Waals surface area contributed by atoms with Gasteiger partial charge in [0.05, 0.1) is 0 Å². The van der Waals surface area contributed by atoms with E-state index in [0.717, 1.165) is 30.9 Å². The van der Waals surface area contributed by atoms with E-state index in [9.17, 15) is 0 Å². The highest BCUT2D eigenvalue weighted by Gasteiger charge is 2.21. The molecule has 2 N–H and O–H groups in total. The van der Waals surface area contributed by atoms with Crippen LogP contribution in [-0.4, -0.2) is 32.6 Å². The molecule has 0 bridgehead atoms. The van der Waals surface area contributed by atoms with Crippen molar-refractivity contribution in [3.63, 3.8) is 0 Å². The minimum atomic E-state index is 0.821. The molecule has 1 saturated heterocycles. The zero-order chi connectivity index (χ0) is 16.1. The molecule has 0 aromatic heterocycles. The third kappa shape index (κ3) is 4.88. The molecular formula is C19H30N4. The van der Waals surface area contributed by atoms with Crippen LogP contribution in [-0.2, 0) is 6.54 Å². The summed E-state index contributed by atoms with van der Waals surface area (Å²) < 4.78 is 0. The summed E-state index contributed by atoms with van der Waals surface area (Å²) in [5, 5.41) is 6.80. The van der Waals surface area contributed by atoms with Gasteiger partial charge in [-0.05, 0) is 55.2 Å². The van der Waals surface area contributed by atoms with Crippen molar-refractivity contribution in [3.05, 3.63) is 29.8 Å². The third-order valence-electron chi connectivity index (χ3n) is 5.02. The van der Waals surface area contributed by atoms with Gasteiger partial charge in [-0.25, -0.2) is 0 Å². The van der Waals surface area contributed by atoms with Gasteiger partial charge in [-0.3, -0.25) is 4.99 Å². The minimum absolute atomic E-state index is 0.821. The number of guanidine groups is 1. The quantitative estimate of drug-likeness (QED) is 0.648. The van der Waals surface area contributed by atoms with Crippen LogP contribution in [0.3, 0.4) is 0 Å². The van der Waals surface area contributed by atoms with Crippen molar-refractivity contribution in [1.29, 1.82) is 0 Å². The predicted molar refractivity (Wildman–Crippen MR) is 98.0 cm³/mol. The molecule has 23 heavy (non-hydrogen) atoms. The summed E-state index contributed by atoms with van der Waals surface area (Å²) in [6.45, 7) is 6.61. The van der Waals surface area contributed by atoms with Gasteiger partial charge in [0, 0.05) is 38.9 Å². The number of anilines is 1. The average molecular weight is 314 g/mol. The Morgan fingerprint density at radius 3 is 2.39 bits per heavy atom. The fourth-order valence-electron chi connectivity index (χ4n) is 3.06. The largest absolute Gasteiger partial charge is 0.372 e. The number of benzene rings is 1. The van der Waals surface area contributed by atoms with Crippen LogP contribution < -0.4 is 15.5 Å². The first-order valence-corrected chi connectivity index (χ1v) is 9.03. The Morgan fingerprint density at radius 2 is 1.78 bits per heavy atom. The molecule has 1 aromatic carbocycles. The van der Waals surface area contributed by atoms with E-state index in [-0.39, 0.29) is 0 Å². The van der Waals surface area contributed by atoms with Crippen LogP contribution in [0.2, 0.25) is 0 Å². The number of nitrogens with zero attached hydrogens (tertiary/aromatic N) is 2. The monoisotopic (exact) mass is 314 g/mol. The van der Waals surface area contributed by atoms with Gasteiger partial charge in [0.2, 0.25) is 0 Å². The minimum Gasteiger partial charge on any atom is -0.372 e. The lowest BCUT2D eigenvalue weighted by molar-refractivity contribution is 0.438. The van der Waals surface area contributed by atoms with E-state index in [1.807, 2.05) is 7.05 Å². The number of nitrogens with one attached hydrogen (secondary N) is 2. The van der Waals surface area contributed by atoms with E-state index in [2.05, 4.69) is 51.7 Å². The molecule has 0 amide bonds. The molecule has 2 aliphatic rings. The molecule has 1 aliphatic carbocycles. The first kappa shape index (κ1) is 16.2. The Kier molecular flexibility index (Phi) is 5.42. The van der Waals surface area contributed by atoms with Crippen LogP contribution in [0, 0.1) is 11.8 Å². The van der Waals surface area contributed by atoms with Gasteiger partial charge in [0.25, 0.3) is 0 Å². The maximum Gasteiger partial charge on any atom is 0.191 e. The fraction of sp³-hybridized carbons (Fsp3) is 0.632. The van der Waals surface area contributed by atoms with Gasteiger partial charge < -0.3 is 15.5 Å². The SMILES string of the molecule is CN=C(NCc1ccc(N2CCC(C)CC2)cc1)NCC1CC1. The highest BCUT2D eigenvalue weighted by Crippen LogP contribution is 2.27. The Bertz CT molecular complexity index is 511. The molecule has 1 aromatic rings. The summed E-state index contributed by atoms with van der Waals surface area (Å²) in [7, 11) is 1.84. The van der Waals surface area contributed by atoms with Crippen molar-refractivity contribution in [2.45, 2.75) is 39.2 Å². The third-order valence-corrected chi connectivity index (χ3v) is 5.02. The molecule has 126 valence electrons. The van der Waals surface area contributed by atoms with Gasteiger partial charge in [-0.1, -0.05) is 19.1 Å². The Morgan fingerprint density at radius 1 is 1.09 bits per heavy atom. The van der Waals surface area contributed by atoms with Gasteiger partial charge >= 0.3 is 0 Å². The first-order chi connectivity index (χ1) is 11.2. The lowest BCUT2D eigenvalue weighted by Gasteiger charge is -2.32. The molecule has 1 saturated carbocycles. The Labute approximate surface area is 140 Å². The molecule has 3 rings (SSSR count). The molecule has 0 radical (unpaired) electrons. The molecule has 4 nitrogen and oxygen atoms in total. The van der Waals surface area contributed by atoms with E-state index in [1.54, 1.807) is 0 Å². The van der Waals surface area contributed by atoms with Crippen molar-refractivity contribution in [2.75, 3.05) is 31.6 Å². The number of hydrogen-bond donors (Lipinski definition) is 2. The van der Waals surface area contributed by atoms with Crippen LogP contribution >= 0.6 is 0 Å².